The van der Waals surface area contributed by atoms with E-state index < -0.39 is 5.54 Å². The van der Waals surface area contributed by atoms with Gasteiger partial charge in [0.15, 0.2) is 0 Å². The van der Waals surface area contributed by atoms with Crippen LogP contribution < -0.4 is 5.73 Å². The molecule has 1 aromatic carbocycles. The molecular weight excluding hydrogens is 230 g/mol. The molecule has 0 saturated heterocycles. The predicted molar refractivity (Wildman–Crippen MR) is 57.4 cm³/mol. The van der Waals surface area contributed by atoms with E-state index in [1.54, 1.807) is 0 Å². The first-order valence-corrected chi connectivity index (χ1v) is 5.07. The Balaban J connectivity index is 2.99. The van der Waals surface area contributed by atoms with E-state index in [9.17, 15) is 5.11 Å². The van der Waals surface area contributed by atoms with E-state index in [0.29, 0.717) is 0 Å². The molecule has 0 aliphatic rings. The molecule has 0 heterocycles. The molecule has 3 heteroatoms. The molecule has 0 aliphatic heterocycles. The Kier molecular flexibility index (Phi) is 3.47. The maximum atomic E-state index is 9.17. The highest BCUT2D eigenvalue weighted by molar-refractivity contribution is 9.10. The topological polar surface area (TPSA) is 46.2 Å². The van der Waals surface area contributed by atoms with E-state index in [0.717, 1.165) is 16.5 Å². The Hall–Kier alpha value is -0.380. The van der Waals surface area contributed by atoms with Crippen LogP contribution >= 0.6 is 15.9 Å². The molecule has 3 N–H and O–H groups in total. The zero-order chi connectivity index (χ0) is 9.90. The van der Waals surface area contributed by atoms with Crippen molar-refractivity contribution in [3.05, 3.63) is 34.3 Å². The second-order valence-electron chi connectivity index (χ2n) is 3.17. The second-order valence-corrected chi connectivity index (χ2v) is 4.09. The van der Waals surface area contributed by atoms with Crippen LogP contribution in [0.5, 0.6) is 0 Å². The van der Waals surface area contributed by atoms with Gasteiger partial charge in [0.1, 0.15) is 0 Å². The standard InChI is InChI=1S/C10H14BrNO/c1-2-10(12,7-13)8-3-5-9(11)6-4-8/h3-6,13H,2,7,12H2,1H3. The van der Waals surface area contributed by atoms with Crippen molar-refractivity contribution in [1.82, 2.24) is 0 Å². The van der Waals surface area contributed by atoms with Crippen LogP contribution in [0.3, 0.4) is 0 Å². The molecule has 1 aromatic rings. The Bertz CT molecular complexity index is 267. The van der Waals surface area contributed by atoms with Gasteiger partial charge < -0.3 is 10.8 Å². The van der Waals surface area contributed by atoms with Crippen LogP contribution in [-0.2, 0) is 5.54 Å². The Morgan fingerprint density at radius 1 is 1.38 bits per heavy atom. The summed E-state index contributed by atoms with van der Waals surface area (Å²) in [6.45, 7) is 1.95. The van der Waals surface area contributed by atoms with Gasteiger partial charge in [0.2, 0.25) is 0 Å². The highest BCUT2D eigenvalue weighted by Crippen LogP contribution is 2.22. The normalized spacial score (nSPS) is 15.4. The largest absolute Gasteiger partial charge is 0.394 e. The SMILES string of the molecule is CCC(N)(CO)c1ccc(Br)cc1. The van der Waals surface area contributed by atoms with Gasteiger partial charge in [-0.1, -0.05) is 35.0 Å². The average molecular weight is 244 g/mol. The molecular formula is C10H14BrNO. The summed E-state index contributed by atoms with van der Waals surface area (Å²) in [6.07, 6.45) is 0.727. The summed E-state index contributed by atoms with van der Waals surface area (Å²) in [7, 11) is 0. The summed E-state index contributed by atoms with van der Waals surface area (Å²) < 4.78 is 1.02. The minimum atomic E-state index is -0.597. The van der Waals surface area contributed by atoms with Crippen LogP contribution in [-0.4, -0.2) is 11.7 Å². The molecule has 72 valence electrons. The molecule has 2 nitrogen and oxygen atoms in total. The first kappa shape index (κ1) is 10.7. The average Bonchev–Trinajstić information content (AvgIpc) is 2.18. The molecule has 0 fully saturated rings. The van der Waals surface area contributed by atoms with Crippen molar-refractivity contribution in [2.24, 2.45) is 5.73 Å². The van der Waals surface area contributed by atoms with Gasteiger partial charge in [-0.2, -0.15) is 0 Å². The van der Waals surface area contributed by atoms with Gasteiger partial charge in [-0.15, -0.1) is 0 Å². The number of hydrogen-bond donors (Lipinski definition) is 2. The number of halogens is 1. The van der Waals surface area contributed by atoms with Crippen LogP contribution in [0.4, 0.5) is 0 Å². The molecule has 0 radical (unpaired) electrons. The molecule has 0 aromatic heterocycles. The van der Waals surface area contributed by atoms with E-state index in [2.05, 4.69) is 15.9 Å². The quantitative estimate of drug-likeness (QED) is 0.854. The van der Waals surface area contributed by atoms with Gasteiger partial charge in [-0.05, 0) is 24.1 Å². The second kappa shape index (κ2) is 4.22. The third kappa shape index (κ3) is 2.30. The summed E-state index contributed by atoms with van der Waals surface area (Å²) in [5.41, 5.74) is 6.38. The number of hydrogen-bond acceptors (Lipinski definition) is 2. The van der Waals surface area contributed by atoms with Crippen molar-refractivity contribution in [3.8, 4) is 0 Å². The fourth-order valence-electron chi connectivity index (χ4n) is 1.19. The molecule has 1 atom stereocenters. The molecule has 0 spiro atoms. The Labute approximate surface area is 86.9 Å². The molecule has 0 amide bonds. The third-order valence-corrected chi connectivity index (χ3v) is 2.86. The molecule has 1 unspecified atom stereocenters. The lowest BCUT2D eigenvalue weighted by molar-refractivity contribution is 0.192. The van der Waals surface area contributed by atoms with Crippen molar-refractivity contribution in [3.63, 3.8) is 0 Å². The summed E-state index contributed by atoms with van der Waals surface area (Å²) >= 11 is 3.35. The first-order valence-electron chi connectivity index (χ1n) is 4.28. The van der Waals surface area contributed by atoms with Crippen LogP contribution in [0.2, 0.25) is 0 Å². The minimum Gasteiger partial charge on any atom is -0.394 e. The van der Waals surface area contributed by atoms with E-state index in [1.807, 2.05) is 31.2 Å². The van der Waals surface area contributed by atoms with Crippen molar-refractivity contribution >= 4 is 15.9 Å². The fourth-order valence-corrected chi connectivity index (χ4v) is 1.45. The first-order chi connectivity index (χ1) is 6.12. The predicted octanol–water partition coefficient (Wildman–Crippen LogP) is 2.01. The van der Waals surface area contributed by atoms with E-state index in [1.165, 1.54) is 0 Å². The number of nitrogens with two attached hydrogens (primary N) is 1. The smallest absolute Gasteiger partial charge is 0.0653 e. The number of aliphatic hydroxyl groups is 1. The van der Waals surface area contributed by atoms with Gasteiger partial charge >= 0.3 is 0 Å². The minimum absolute atomic E-state index is 0.0227. The molecule has 13 heavy (non-hydrogen) atoms. The lowest BCUT2D eigenvalue weighted by atomic mass is 9.89. The van der Waals surface area contributed by atoms with Crippen LogP contribution in [0.1, 0.15) is 18.9 Å². The number of aliphatic hydroxyl groups excluding tert-OH is 1. The molecule has 1 rings (SSSR count). The summed E-state index contributed by atoms with van der Waals surface area (Å²) in [4.78, 5) is 0. The van der Waals surface area contributed by atoms with Crippen molar-refractivity contribution in [2.75, 3.05) is 6.61 Å². The van der Waals surface area contributed by atoms with Crippen molar-refractivity contribution in [2.45, 2.75) is 18.9 Å². The van der Waals surface area contributed by atoms with Crippen molar-refractivity contribution < 1.29 is 5.11 Å². The highest BCUT2D eigenvalue weighted by atomic mass is 79.9. The van der Waals surface area contributed by atoms with Crippen molar-refractivity contribution in [1.29, 1.82) is 0 Å². The summed E-state index contributed by atoms with van der Waals surface area (Å²) in [6, 6.07) is 7.73. The van der Waals surface area contributed by atoms with Gasteiger partial charge in [-0.3, -0.25) is 0 Å². The lowest BCUT2D eigenvalue weighted by Crippen LogP contribution is -2.39. The fraction of sp³-hybridized carbons (Fsp3) is 0.400. The van der Waals surface area contributed by atoms with Crippen LogP contribution in [0.25, 0.3) is 0 Å². The van der Waals surface area contributed by atoms with E-state index in [4.69, 9.17) is 5.73 Å². The van der Waals surface area contributed by atoms with E-state index in [-0.39, 0.29) is 6.61 Å². The zero-order valence-electron chi connectivity index (χ0n) is 7.63. The maximum Gasteiger partial charge on any atom is 0.0653 e. The van der Waals surface area contributed by atoms with Crippen LogP contribution in [0.15, 0.2) is 28.7 Å². The van der Waals surface area contributed by atoms with Gasteiger partial charge in [0.25, 0.3) is 0 Å². The molecule has 0 bridgehead atoms. The Morgan fingerprint density at radius 3 is 2.31 bits per heavy atom. The lowest BCUT2D eigenvalue weighted by Gasteiger charge is -2.26. The number of benzene rings is 1. The highest BCUT2D eigenvalue weighted by Gasteiger charge is 2.23. The molecule has 0 saturated carbocycles. The summed E-state index contributed by atoms with van der Waals surface area (Å²) in [5.74, 6) is 0. The Morgan fingerprint density at radius 2 is 1.92 bits per heavy atom. The zero-order valence-corrected chi connectivity index (χ0v) is 9.21. The van der Waals surface area contributed by atoms with Gasteiger partial charge in [0.05, 0.1) is 12.1 Å². The number of rotatable bonds is 3. The maximum absolute atomic E-state index is 9.17. The van der Waals surface area contributed by atoms with Gasteiger partial charge in [0, 0.05) is 4.47 Å². The summed E-state index contributed by atoms with van der Waals surface area (Å²) in [5, 5.41) is 9.17. The molecule has 0 aliphatic carbocycles. The van der Waals surface area contributed by atoms with Crippen LogP contribution in [0, 0.1) is 0 Å². The van der Waals surface area contributed by atoms with E-state index >= 15 is 0 Å². The van der Waals surface area contributed by atoms with Gasteiger partial charge in [-0.25, -0.2) is 0 Å². The third-order valence-electron chi connectivity index (χ3n) is 2.33. The monoisotopic (exact) mass is 243 g/mol.